The predicted molar refractivity (Wildman–Crippen MR) is 102 cm³/mol. The van der Waals surface area contributed by atoms with Crippen LogP contribution >= 0.6 is 0 Å². The first-order chi connectivity index (χ1) is 14.7. The van der Waals surface area contributed by atoms with Crippen molar-refractivity contribution in [3.63, 3.8) is 0 Å². The quantitative estimate of drug-likeness (QED) is 0.616. The molecule has 1 atom stereocenters. The van der Waals surface area contributed by atoms with Gasteiger partial charge in [-0.25, -0.2) is 4.79 Å². The molecule has 7 nitrogen and oxygen atoms in total. The van der Waals surface area contributed by atoms with E-state index in [1.165, 1.54) is 13.0 Å². The Balaban J connectivity index is 1.44. The molecule has 2 heterocycles. The predicted octanol–water partition coefficient (Wildman–Crippen LogP) is 3.62. The largest absolute Gasteiger partial charge is 0.481 e. The number of rotatable bonds is 5. The summed E-state index contributed by atoms with van der Waals surface area (Å²) in [6.45, 7) is 1.85. The second-order valence-electron chi connectivity index (χ2n) is 6.80. The zero-order valence-corrected chi connectivity index (χ0v) is 16.1. The number of benzene rings is 2. The van der Waals surface area contributed by atoms with Crippen LogP contribution < -0.4 is 25.2 Å². The lowest BCUT2D eigenvalue weighted by Crippen LogP contribution is -2.35. The summed E-state index contributed by atoms with van der Waals surface area (Å²) in [6, 6.07) is 9.22. The number of fused-ring (bicyclic) bond motifs is 2. The van der Waals surface area contributed by atoms with Gasteiger partial charge >= 0.3 is 11.8 Å². The minimum Gasteiger partial charge on any atom is -0.481 e. The summed E-state index contributed by atoms with van der Waals surface area (Å²) >= 11 is 0. The Morgan fingerprint density at radius 2 is 1.90 bits per heavy atom. The van der Waals surface area contributed by atoms with Crippen LogP contribution in [0.4, 0.5) is 13.2 Å². The second kappa shape index (κ2) is 7.86. The molecule has 0 spiro atoms. The molecule has 0 saturated carbocycles. The van der Waals surface area contributed by atoms with E-state index in [1.54, 1.807) is 18.2 Å². The number of hydrogen-bond donors (Lipinski definition) is 1. The molecule has 1 amide bonds. The number of nitrogens with one attached hydrogen (secondary N) is 1. The van der Waals surface area contributed by atoms with Crippen LogP contribution in [0.3, 0.4) is 0 Å². The molecule has 162 valence electrons. The number of carbonyl (C=O) groups is 1. The third-order valence-electron chi connectivity index (χ3n) is 4.61. The molecule has 1 aliphatic rings. The highest BCUT2D eigenvalue weighted by Gasteiger charge is 2.34. The lowest BCUT2D eigenvalue weighted by atomic mass is 10.1. The lowest BCUT2D eigenvalue weighted by Gasteiger charge is -2.16. The van der Waals surface area contributed by atoms with Crippen LogP contribution in [0.1, 0.15) is 18.1 Å². The van der Waals surface area contributed by atoms with E-state index >= 15 is 0 Å². The van der Waals surface area contributed by atoms with E-state index in [1.807, 2.05) is 0 Å². The molecule has 1 N–H and O–H groups in total. The van der Waals surface area contributed by atoms with E-state index in [0.29, 0.717) is 17.6 Å². The first-order valence-electron chi connectivity index (χ1n) is 9.19. The van der Waals surface area contributed by atoms with Crippen LogP contribution in [0.25, 0.3) is 11.0 Å². The zero-order valence-electron chi connectivity index (χ0n) is 16.1. The standard InChI is InChI=1S/C21H16F3NO6/c1-11(20(27)25-9-12-2-5-16-18(6-12)29-10-28-16)30-13-3-4-14-15(21(22,23)24)8-19(26)31-17(14)7-13/h2-8,11H,9-10H2,1H3,(H,25,27)/t11-/m0/s1. The van der Waals surface area contributed by atoms with Crippen molar-refractivity contribution in [1.29, 1.82) is 0 Å². The zero-order chi connectivity index (χ0) is 22.2. The number of ether oxygens (including phenoxy) is 3. The van der Waals surface area contributed by atoms with Gasteiger partial charge in [0.25, 0.3) is 5.91 Å². The van der Waals surface area contributed by atoms with Crippen LogP contribution in [-0.4, -0.2) is 18.8 Å². The van der Waals surface area contributed by atoms with Gasteiger partial charge in [-0.1, -0.05) is 6.07 Å². The average molecular weight is 435 g/mol. The molecule has 3 aromatic rings. The van der Waals surface area contributed by atoms with Gasteiger partial charge < -0.3 is 23.9 Å². The second-order valence-corrected chi connectivity index (χ2v) is 6.80. The maximum absolute atomic E-state index is 13.1. The fourth-order valence-corrected chi connectivity index (χ4v) is 3.09. The van der Waals surface area contributed by atoms with E-state index in [-0.39, 0.29) is 30.1 Å². The molecular formula is C21H16F3NO6. The maximum Gasteiger partial charge on any atom is 0.417 e. The molecule has 31 heavy (non-hydrogen) atoms. The molecule has 2 aromatic carbocycles. The first kappa shape index (κ1) is 20.6. The number of alkyl halides is 3. The Morgan fingerprint density at radius 1 is 1.13 bits per heavy atom. The van der Waals surface area contributed by atoms with Gasteiger partial charge in [0.1, 0.15) is 11.3 Å². The van der Waals surface area contributed by atoms with E-state index in [4.69, 9.17) is 18.6 Å². The maximum atomic E-state index is 13.1. The molecule has 0 radical (unpaired) electrons. The van der Waals surface area contributed by atoms with E-state index in [9.17, 15) is 22.8 Å². The monoisotopic (exact) mass is 435 g/mol. The number of hydrogen-bond acceptors (Lipinski definition) is 6. The summed E-state index contributed by atoms with van der Waals surface area (Å²) in [5.41, 5.74) is -1.73. The number of carbonyl (C=O) groups excluding carboxylic acids is 1. The molecule has 0 bridgehead atoms. The van der Waals surface area contributed by atoms with Crippen molar-refractivity contribution in [2.75, 3.05) is 6.79 Å². The van der Waals surface area contributed by atoms with Crippen LogP contribution in [0, 0.1) is 0 Å². The molecule has 1 aromatic heterocycles. The Morgan fingerprint density at radius 3 is 2.68 bits per heavy atom. The van der Waals surface area contributed by atoms with Crippen molar-refractivity contribution in [3.8, 4) is 17.2 Å². The fraction of sp³-hybridized carbons (Fsp3) is 0.238. The molecule has 10 heteroatoms. The van der Waals surface area contributed by atoms with Crippen molar-refractivity contribution in [1.82, 2.24) is 5.32 Å². The Kier molecular flexibility index (Phi) is 5.22. The van der Waals surface area contributed by atoms with Gasteiger partial charge in [0.05, 0.1) is 5.56 Å². The molecule has 0 aliphatic carbocycles. The van der Waals surface area contributed by atoms with Crippen LogP contribution in [0.5, 0.6) is 17.2 Å². The highest BCUT2D eigenvalue weighted by atomic mass is 19.4. The summed E-state index contributed by atoms with van der Waals surface area (Å²) in [7, 11) is 0. The van der Waals surface area contributed by atoms with E-state index in [0.717, 1.165) is 17.7 Å². The van der Waals surface area contributed by atoms with Gasteiger partial charge in [-0.15, -0.1) is 0 Å². The minimum atomic E-state index is -4.71. The highest BCUT2D eigenvalue weighted by molar-refractivity contribution is 5.83. The number of halogens is 3. The topological polar surface area (TPSA) is 87.0 Å². The molecule has 0 unspecified atom stereocenters. The smallest absolute Gasteiger partial charge is 0.417 e. The number of amides is 1. The van der Waals surface area contributed by atoms with E-state index in [2.05, 4.69) is 5.32 Å². The van der Waals surface area contributed by atoms with Crippen LogP contribution in [0.15, 0.2) is 51.7 Å². The van der Waals surface area contributed by atoms with Gasteiger partial charge in [-0.05, 0) is 36.8 Å². The fourth-order valence-electron chi connectivity index (χ4n) is 3.09. The van der Waals surface area contributed by atoms with Gasteiger partial charge in [0.2, 0.25) is 6.79 Å². The molecular weight excluding hydrogens is 419 g/mol. The van der Waals surface area contributed by atoms with Crippen molar-refractivity contribution in [2.45, 2.75) is 25.7 Å². The van der Waals surface area contributed by atoms with Gasteiger partial charge in [0.15, 0.2) is 17.6 Å². The summed E-state index contributed by atoms with van der Waals surface area (Å²) in [4.78, 5) is 23.8. The molecule has 0 saturated heterocycles. The summed E-state index contributed by atoms with van der Waals surface area (Å²) < 4.78 is 60.3. The van der Waals surface area contributed by atoms with Gasteiger partial charge in [0, 0.05) is 24.1 Å². The van der Waals surface area contributed by atoms with E-state index < -0.39 is 29.4 Å². The van der Waals surface area contributed by atoms with Crippen LogP contribution in [-0.2, 0) is 17.5 Å². The van der Waals surface area contributed by atoms with Crippen molar-refractivity contribution >= 4 is 16.9 Å². The summed E-state index contributed by atoms with van der Waals surface area (Å²) in [5, 5.41) is 2.42. The van der Waals surface area contributed by atoms with Gasteiger partial charge in [-0.2, -0.15) is 13.2 Å². The molecule has 0 fully saturated rings. The Bertz CT molecular complexity index is 1200. The normalized spacial score (nSPS) is 13.8. The third kappa shape index (κ3) is 4.42. The van der Waals surface area contributed by atoms with Gasteiger partial charge in [-0.3, -0.25) is 4.79 Å². The summed E-state index contributed by atoms with van der Waals surface area (Å²) in [5.74, 6) is 0.860. The molecule has 4 rings (SSSR count). The summed E-state index contributed by atoms with van der Waals surface area (Å²) in [6.07, 6.45) is -5.66. The Labute approximate surface area is 173 Å². The average Bonchev–Trinajstić information content (AvgIpc) is 3.18. The minimum absolute atomic E-state index is 0.0840. The third-order valence-corrected chi connectivity index (χ3v) is 4.61. The molecule has 1 aliphatic heterocycles. The van der Waals surface area contributed by atoms with Crippen molar-refractivity contribution in [2.24, 2.45) is 0 Å². The SMILES string of the molecule is C[C@H](Oc1ccc2c(C(F)(F)F)cc(=O)oc2c1)C(=O)NCc1ccc2c(c1)OCO2. The highest BCUT2D eigenvalue weighted by Crippen LogP contribution is 2.35. The van der Waals surface area contributed by atoms with Crippen LogP contribution in [0.2, 0.25) is 0 Å². The van der Waals surface area contributed by atoms with Crippen molar-refractivity contribution in [3.05, 3.63) is 64.0 Å². The Hall–Kier alpha value is -3.69. The lowest BCUT2D eigenvalue weighted by molar-refractivity contribution is -0.136. The van der Waals surface area contributed by atoms with Crippen molar-refractivity contribution < 1.29 is 36.6 Å². The first-order valence-corrected chi connectivity index (χ1v) is 9.19.